The molecular formula is C12H15NO2. The zero-order valence-electron chi connectivity index (χ0n) is 8.82. The normalized spacial score (nSPS) is 9.67. The maximum Gasteiger partial charge on any atom is 0.338 e. The second-order valence-corrected chi connectivity index (χ2v) is 3.07. The number of ether oxygens (including phenoxy) is 1. The molecule has 0 amide bonds. The van der Waals surface area contributed by atoms with Crippen molar-refractivity contribution in [1.29, 1.82) is 0 Å². The van der Waals surface area contributed by atoms with Crippen LogP contribution in [0.15, 0.2) is 36.9 Å². The smallest absolute Gasteiger partial charge is 0.338 e. The van der Waals surface area contributed by atoms with Crippen LogP contribution in [0.4, 0.5) is 0 Å². The first-order valence-electron chi connectivity index (χ1n) is 4.77. The number of carbonyl (C=O) groups is 1. The minimum absolute atomic E-state index is 0.300. The summed E-state index contributed by atoms with van der Waals surface area (Å²) >= 11 is 0. The van der Waals surface area contributed by atoms with Crippen molar-refractivity contribution in [2.75, 3.05) is 13.7 Å². The molecule has 80 valence electrons. The Labute approximate surface area is 89.8 Å². The first-order valence-corrected chi connectivity index (χ1v) is 4.77. The molecule has 3 nitrogen and oxygen atoms in total. The third-order valence-corrected chi connectivity index (χ3v) is 2.03. The summed E-state index contributed by atoms with van der Waals surface area (Å²) in [5.74, 6) is -0.300. The number of esters is 1. The number of methoxy groups -OCH3 is 1. The van der Waals surface area contributed by atoms with Gasteiger partial charge in [-0.25, -0.2) is 4.79 Å². The molecule has 0 atom stereocenters. The van der Waals surface area contributed by atoms with Crippen molar-refractivity contribution < 1.29 is 9.53 Å². The van der Waals surface area contributed by atoms with Crippen molar-refractivity contribution in [3.63, 3.8) is 0 Å². The van der Waals surface area contributed by atoms with Crippen LogP contribution < -0.4 is 5.32 Å². The van der Waals surface area contributed by atoms with E-state index in [0.29, 0.717) is 12.1 Å². The Morgan fingerprint density at radius 3 is 2.93 bits per heavy atom. The summed E-state index contributed by atoms with van der Waals surface area (Å²) in [6.07, 6.45) is 1.78. The standard InChI is InChI=1S/C12H15NO2/c1-3-8-13-9-10-6-4-5-7-11(10)12(14)15-2/h3-7,13H,1,8-9H2,2H3. The molecule has 1 N–H and O–H groups in total. The van der Waals surface area contributed by atoms with Gasteiger partial charge >= 0.3 is 5.97 Å². The third kappa shape index (κ3) is 3.22. The van der Waals surface area contributed by atoms with Gasteiger partial charge in [0.1, 0.15) is 0 Å². The Morgan fingerprint density at radius 1 is 1.53 bits per heavy atom. The van der Waals surface area contributed by atoms with Crippen molar-refractivity contribution in [3.8, 4) is 0 Å². The molecule has 0 radical (unpaired) electrons. The summed E-state index contributed by atoms with van der Waals surface area (Å²) in [5, 5.41) is 3.14. The van der Waals surface area contributed by atoms with Gasteiger partial charge < -0.3 is 10.1 Å². The molecule has 0 saturated heterocycles. The van der Waals surface area contributed by atoms with E-state index in [1.165, 1.54) is 7.11 Å². The molecule has 0 aliphatic heterocycles. The van der Waals surface area contributed by atoms with E-state index in [4.69, 9.17) is 4.74 Å². The first-order chi connectivity index (χ1) is 7.29. The van der Waals surface area contributed by atoms with Crippen LogP contribution in [0.1, 0.15) is 15.9 Å². The lowest BCUT2D eigenvalue weighted by Crippen LogP contribution is -2.16. The molecule has 0 heterocycles. The van der Waals surface area contributed by atoms with Crippen molar-refractivity contribution in [1.82, 2.24) is 5.32 Å². The van der Waals surface area contributed by atoms with Gasteiger partial charge in [0.15, 0.2) is 0 Å². The molecule has 0 spiro atoms. The molecule has 15 heavy (non-hydrogen) atoms. The maximum absolute atomic E-state index is 11.4. The summed E-state index contributed by atoms with van der Waals surface area (Å²) in [5.41, 5.74) is 1.54. The fourth-order valence-corrected chi connectivity index (χ4v) is 1.29. The SMILES string of the molecule is C=CCNCc1ccccc1C(=O)OC. The highest BCUT2D eigenvalue weighted by molar-refractivity contribution is 5.90. The van der Waals surface area contributed by atoms with Crippen LogP contribution >= 0.6 is 0 Å². The molecule has 0 aromatic heterocycles. The van der Waals surface area contributed by atoms with Crippen LogP contribution in [0.3, 0.4) is 0 Å². The van der Waals surface area contributed by atoms with E-state index in [9.17, 15) is 4.79 Å². The maximum atomic E-state index is 11.4. The Balaban J connectivity index is 2.76. The fraction of sp³-hybridized carbons (Fsp3) is 0.250. The van der Waals surface area contributed by atoms with E-state index in [2.05, 4.69) is 11.9 Å². The lowest BCUT2D eigenvalue weighted by atomic mass is 10.1. The molecule has 0 fully saturated rings. The number of hydrogen-bond donors (Lipinski definition) is 1. The van der Waals surface area contributed by atoms with Gasteiger partial charge in [-0.3, -0.25) is 0 Å². The number of benzene rings is 1. The third-order valence-electron chi connectivity index (χ3n) is 2.03. The zero-order chi connectivity index (χ0) is 11.1. The number of carbonyl (C=O) groups excluding carboxylic acids is 1. The van der Waals surface area contributed by atoms with Gasteiger partial charge in [0.05, 0.1) is 12.7 Å². The van der Waals surface area contributed by atoms with E-state index in [1.807, 2.05) is 18.2 Å². The average Bonchev–Trinajstić information content (AvgIpc) is 2.29. The van der Waals surface area contributed by atoms with Gasteiger partial charge in [-0.1, -0.05) is 24.3 Å². The van der Waals surface area contributed by atoms with E-state index >= 15 is 0 Å². The molecule has 1 aromatic rings. The average molecular weight is 205 g/mol. The molecule has 0 aliphatic rings. The zero-order valence-corrected chi connectivity index (χ0v) is 8.82. The van der Waals surface area contributed by atoms with Crippen LogP contribution in [-0.2, 0) is 11.3 Å². The van der Waals surface area contributed by atoms with Gasteiger partial charge in [-0.05, 0) is 11.6 Å². The summed E-state index contributed by atoms with van der Waals surface area (Å²) in [4.78, 5) is 11.4. The summed E-state index contributed by atoms with van der Waals surface area (Å²) < 4.78 is 4.70. The minimum Gasteiger partial charge on any atom is -0.465 e. The van der Waals surface area contributed by atoms with Gasteiger partial charge in [-0.15, -0.1) is 6.58 Å². The quantitative estimate of drug-likeness (QED) is 0.452. The first kappa shape index (κ1) is 11.5. The van der Waals surface area contributed by atoms with Crippen LogP contribution in [0.5, 0.6) is 0 Å². The predicted molar refractivity (Wildman–Crippen MR) is 59.7 cm³/mol. The van der Waals surface area contributed by atoms with Gasteiger partial charge in [-0.2, -0.15) is 0 Å². The van der Waals surface area contributed by atoms with Crippen molar-refractivity contribution in [2.24, 2.45) is 0 Å². The molecule has 1 rings (SSSR count). The van der Waals surface area contributed by atoms with Crippen molar-refractivity contribution in [2.45, 2.75) is 6.54 Å². The Hall–Kier alpha value is -1.61. The lowest BCUT2D eigenvalue weighted by Gasteiger charge is -2.07. The molecule has 3 heteroatoms. The molecular weight excluding hydrogens is 190 g/mol. The number of hydrogen-bond acceptors (Lipinski definition) is 3. The summed E-state index contributed by atoms with van der Waals surface area (Å²) in [7, 11) is 1.39. The minimum atomic E-state index is -0.300. The Bertz CT molecular complexity index is 347. The predicted octanol–water partition coefficient (Wildman–Crippen LogP) is 1.75. The molecule has 0 bridgehead atoms. The molecule has 0 unspecified atom stereocenters. The summed E-state index contributed by atoms with van der Waals surface area (Å²) in [6, 6.07) is 7.39. The largest absolute Gasteiger partial charge is 0.465 e. The second-order valence-electron chi connectivity index (χ2n) is 3.07. The summed E-state index contributed by atoms with van der Waals surface area (Å²) in [6.45, 7) is 4.97. The van der Waals surface area contributed by atoms with E-state index < -0.39 is 0 Å². The Kier molecular flexibility index (Phi) is 4.57. The highest BCUT2D eigenvalue weighted by Gasteiger charge is 2.09. The molecule has 0 saturated carbocycles. The Morgan fingerprint density at radius 2 is 2.27 bits per heavy atom. The highest BCUT2D eigenvalue weighted by atomic mass is 16.5. The number of nitrogens with one attached hydrogen (secondary N) is 1. The van der Waals surface area contributed by atoms with Crippen LogP contribution in [0, 0.1) is 0 Å². The topological polar surface area (TPSA) is 38.3 Å². The van der Waals surface area contributed by atoms with Crippen LogP contribution in [0.25, 0.3) is 0 Å². The van der Waals surface area contributed by atoms with E-state index in [-0.39, 0.29) is 5.97 Å². The molecule has 1 aromatic carbocycles. The number of rotatable bonds is 5. The van der Waals surface area contributed by atoms with Crippen LogP contribution in [0.2, 0.25) is 0 Å². The second kappa shape index (κ2) is 5.98. The van der Waals surface area contributed by atoms with Crippen molar-refractivity contribution in [3.05, 3.63) is 48.0 Å². The van der Waals surface area contributed by atoms with Gasteiger partial charge in [0, 0.05) is 13.1 Å². The molecule has 0 aliphatic carbocycles. The van der Waals surface area contributed by atoms with Gasteiger partial charge in [0.2, 0.25) is 0 Å². The van der Waals surface area contributed by atoms with Gasteiger partial charge in [0.25, 0.3) is 0 Å². The van der Waals surface area contributed by atoms with Crippen molar-refractivity contribution >= 4 is 5.97 Å². The fourth-order valence-electron chi connectivity index (χ4n) is 1.29. The van der Waals surface area contributed by atoms with E-state index in [0.717, 1.165) is 12.1 Å². The van der Waals surface area contributed by atoms with E-state index in [1.54, 1.807) is 12.1 Å². The van der Waals surface area contributed by atoms with Crippen LogP contribution in [-0.4, -0.2) is 19.6 Å². The lowest BCUT2D eigenvalue weighted by molar-refractivity contribution is 0.0599. The highest BCUT2D eigenvalue weighted by Crippen LogP contribution is 2.09. The monoisotopic (exact) mass is 205 g/mol.